The number of rotatable bonds is 5. The van der Waals surface area contributed by atoms with Crippen molar-refractivity contribution in [3.8, 4) is 0 Å². The van der Waals surface area contributed by atoms with E-state index in [1.165, 1.54) is 14.2 Å². The highest BCUT2D eigenvalue weighted by molar-refractivity contribution is 5.73. The number of hydrogen-bond donors (Lipinski definition) is 1. The third-order valence-electron chi connectivity index (χ3n) is 1.70. The summed E-state index contributed by atoms with van der Waals surface area (Å²) in [6.07, 6.45) is 0.310. The Kier molecular flexibility index (Phi) is 5.88. The van der Waals surface area contributed by atoms with E-state index in [1.54, 1.807) is 0 Å². The lowest BCUT2D eigenvalue weighted by Gasteiger charge is -2.10. The van der Waals surface area contributed by atoms with Crippen LogP contribution in [0.15, 0.2) is 0 Å². The normalized spacial score (nSPS) is 9.85. The van der Waals surface area contributed by atoms with Gasteiger partial charge in [0.2, 0.25) is 0 Å². The smallest absolute Gasteiger partial charge is 0.305 e. The van der Waals surface area contributed by atoms with Crippen LogP contribution in [0.4, 0.5) is 0 Å². The Morgan fingerprint density at radius 2 is 1.54 bits per heavy atom. The van der Waals surface area contributed by atoms with Crippen LogP contribution in [-0.2, 0) is 19.1 Å². The maximum Gasteiger partial charge on any atom is 0.305 e. The van der Waals surface area contributed by atoms with Crippen LogP contribution in [0.3, 0.4) is 0 Å². The first-order valence-corrected chi connectivity index (χ1v) is 3.97. The number of hydrogen-bond acceptors (Lipinski definition) is 5. The number of esters is 2. The summed E-state index contributed by atoms with van der Waals surface area (Å²) in [6, 6.07) is 0. The van der Waals surface area contributed by atoms with Crippen LogP contribution in [0.1, 0.15) is 12.8 Å². The molecule has 0 rings (SSSR count). The van der Waals surface area contributed by atoms with Gasteiger partial charge in [0.1, 0.15) is 0 Å². The zero-order valence-electron chi connectivity index (χ0n) is 7.91. The highest BCUT2D eigenvalue weighted by Gasteiger charge is 2.16. The molecule has 0 aliphatic rings. The van der Waals surface area contributed by atoms with Gasteiger partial charge in [-0.05, 0) is 12.5 Å². The molecular formula is C8H15NO4. The molecule has 0 amide bonds. The van der Waals surface area contributed by atoms with Crippen molar-refractivity contribution in [1.82, 2.24) is 0 Å². The van der Waals surface area contributed by atoms with E-state index in [4.69, 9.17) is 5.73 Å². The SMILES string of the molecule is COC(=O)CC(CN)CC(=O)OC. The quantitative estimate of drug-likeness (QED) is 0.600. The maximum atomic E-state index is 10.8. The first kappa shape index (κ1) is 11.9. The fourth-order valence-electron chi connectivity index (χ4n) is 0.877. The van der Waals surface area contributed by atoms with Crippen molar-refractivity contribution in [3.63, 3.8) is 0 Å². The van der Waals surface area contributed by atoms with Crippen molar-refractivity contribution in [1.29, 1.82) is 0 Å². The van der Waals surface area contributed by atoms with Crippen molar-refractivity contribution in [2.75, 3.05) is 20.8 Å². The van der Waals surface area contributed by atoms with Crippen LogP contribution in [0.5, 0.6) is 0 Å². The molecule has 0 atom stereocenters. The van der Waals surface area contributed by atoms with Gasteiger partial charge in [0, 0.05) is 0 Å². The third kappa shape index (κ3) is 5.19. The molecule has 13 heavy (non-hydrogen) atoms. The molecule has 0 saturated heterocycles. The van der Waals surface area contributed by atoms with Gasteiger partial charge in [-0.15, -0.1) is 0 Å². The molecule has 0 radical (unpaired) electrons. The average Bonchev–Trinajstić information content (AvgIpc) is 2.16. The number of carbonyl (C=O) groups is 2. The third-order valence-corrected chi connectivity index (χ3v) is 1.70. The lowest BCUT2D eigenvalue weighted by Crippen LogP contribution is -2.22. The number of nitrogens with two attached hydrogens (primary N) is 1. The number of methoxy groups -OCH3 is 2. The molecule has 0 aromatic heterocycles. The second-order valence-electron chi connectivity index (χ2n) is 2.66. The van der Waals surface area contributed by atoms with Crippen molar-refractivity contribution < 1.29 is 19.1 Å². The monoisotopic (exact) mass is 189 g/mol. The van der Waals surface area contributed by atoms with Crippen molar-refractivity contribution >= 4 is 11.9 Å². The molecule has 76 valence electrons. The van der Waals surface area contributed by atoms with E-state index in [-0.39, 0.29) is 37.2 Å². The highest BCUT2D eigenvalue weighted by atomic mass is 16.5. The van der Waals surface area contributed by atoms with Crippen LogP contribution in [0, 0.1) is 5.92 Å². The predicted octanol–water partition coefficient (Wildman–Crippen LogP) is -0.312. The molecule has 5 nitrogen and oxygen atoms in total. The summed E-state index contributed by atoms with van der Waals surface area (Å²) in [5.74, 6) is -0.918. The molecule has 0 bridgehead atoms. The summed E-state index contributed by atoms with van der Waals surface area (Å²) in [6.45, 7) is 0.268. The van der Waals surface area contributed by atoms with Gasteiger partial charge in [-0.3, -0.25) is 9.59 Å². The standard InChI is InChI=1S/C8H15NO4/c1-12-7(10)3-6(5-9)4-8(11)13-2/h6H,3-5,9H2,1-2H3. The van der Waals surface area contributed by atoms with Gasteiger partial charge >= 0.3 is 11.9 Å². The van der Waals surface area contributed by atoms with Gasteiger partial charge in [0.05, 0.1) is 27.1 Å². The van der Waals surface area contributed by atoms with Crippen LogP contribution in [-0.4, -0.2) is 32.7 Å². The summed E-state index contributed by atoms with van der Waals surface area (Å²) in [5.41, 5.74) is 5.36. The molecule has 2 N–H and O–H groups in total. The van der Waals surface area contributed by atoms with Crippen molar-refractivity contribution in [2.45, 2.75) is 12.8 Å². The topological polar surface area (TPSA) is 78.6 Å². The first-order chi connectivity index (χ1) is 6.13. The minimum atomic E-state index is -0.362. The first-order valence-electron chi connectivity index (χ1n) is 3.97. The molecule has 0 aliphatic carbocycles. The van der Waals surface area contributed by atoms with E-state index in [0.717, 1.165) is 0 Å². The second kappa shape index (κ2) is 6.42. The summed E-state index contributed by atoms with van der Waals surface area (Å²) in [5, 5.41) is 0. The Hall–Kier alpha value is -1.10. The maximum absolute atomic E-state index is 10.8. The van der Waals surface area contributed by atoms with Crippen LogP contribution >= 0.6 is 0 Å². The summed E-state index contributed by atoms with van der Waals surface area (Å²) in [4.78, 5) is 21.6. The Morgan fingerprint density at radius 1 is 1.15 bits per heavy atom. The van der Waals surface area contributed by atoms with Gasteiger partial charge in [-0.1, -0.05) is 0 Å². The number of carbonyl (C=O) groups excluding carboxylic acids is 2. The van der Waals surface area contributed by atoms with E-state index in [2.05, 4.69) is 9.47 Å². The lowest BCUT2D eigenvalue weighted by molar-refractivity contribution is -0.144. The van der Waals surface area contributed by atoms with E-state index < -0.39 is 0 Å². The zero-order chi connectivity index (χ0) is 10.3. The van der Waals surface area contributed by atoms with Crippen molar-refractivity contribution in [2.24, 2.45) is 11.7 Å². The summed E-state index contributed by atoms with van der Waals surface area (Å²) >= 11 is 0. The lowest BCUT2D eigenvalue weighted by atomic mass is 10.0. The van der Waals surface area contributed by atoms with Gasteiger partial charge in [0.25, 0.3) is 0 Å². The molecule has 5 heteroatoms. The minimum absolute atomic E-state index is 0.155. The van der Waals surface area contributed by atoms with E-state index in [0.29, 0.717) is 0 Å². The Bertz CT molecular complexity index is 163. The van der Waals surface area contributed by atoms with Crippen molar-refractivity contribution in [3.05, 3.63) is 0 Å². The molecular weight excluding hydrogens is 174 g/mol. The molecule has 0 fully saturated rings. The Morgan fingerprint density at radius 3 is 1.77 bits per heavy atom. The number of ether oxygens (including phenoxy) is 2. The average molecular weight is 189 g/mol. The zero-order valence-corrected chi connectivity index (χ0v) is 7.91. The van der Waals surface area contributed by atoms with Gasteiger partial charge in [-0.2, -0.15) is 0 Å². The molecule has 0 heterocycles. The fraction of sp³-hybridized carbons (Fsp3) is 0.750. The molecule has 0 unspecified atom stereocenters. The molecule has 0 aliphatic heterocycles. The molecule has 0 aromatic rings. The highest BCUT2D eigenvalue weighted by Crippen LogP contribution is 2.08. The molecule has 0 spiro atoms. The van der Waals surface area contributed by atoms with Gasteiger partial charge < -0.3 is 15.2 Å². The van der Waals surface area contributed by atoms with E-state index in [1.807, 2.05) is 0 Å². The predicted molar refractivity (Wildman–Crippen MR) is 45.8 cm³/mol. The summed E-state index contributed by atoms with van der Waals surface area (Å²) in [7, 11) is 2.60. The minimum Gasteiger partial charge on any atom is -0.469 e. The van der Waals surface area contributed by atoms with Gasteiger partial charge in [-0.25, -0.2) is 0 Å². The summed E-state index contributed by atoms with van der Waals surface area (Å²) < 4.78 is 8.90. The second-order valence-corrected chi connectivity index (χ2v) is 2.66. The molecule has 0 aromatic carbocycles. The van der Waals surface area contributed by atoms with Crippen LogP contribution < -0.4 is 5.73 Å². The molecule has 0 saturated carbocycles. The Balaban J connectivity index is 3.89. The van der Waals surface area contributed by atoms with E-state index in [9.17, 15) is 9.59 Å². The van der Waals surface area contributed by atoms with E-state index >= 15 is 0 Å². The fourth-order valence-corrected chi connectivity index (χ4v) is 0.877. The van der Waals surface area contributed by atoms with Crippen LogP contribution in [0.25, 0.3) is 0 Å². The largest absolute Gasteiger partial charge is 0.469 e. The van der Waals surface area contributed by atoms with Gasteiger partial charge in [0.15, 0.2) is 0 Å². The van der Waals surface area contributed by atoms with Crippen LogP contribution in [0.2, 0.25) is 0 Å². The Labute approximate surface area is 77.2 Å².